The van der Waals surface area contributed by atoms with Gasteiger partial charge in [-0.05, 0) is 32.4 Å². The number of nitrogens with one attached hydrogen (secondary N) is 1. The number of aryl methyl sites for hydroxylation is 3. The maximum atomic E-state index is 12.3. The summed E-state index contributed by atoms with van der Waals surface area (Å²) in [5, 5.41) is 0. The Hall–Kier alpha value is -2.83. The number of aromatic nitrogens is 4. The molecule has 0 saturated carbocycles. The van der Waals surface area contributed by atoms with Crippen LogP contribution in [0.5, 0.6) is 5.75 Å². The molecule has 1 aromatic carbocycles. The quantitative estimate of drug-likeness (QED) is 0.793. The summed E-state index contributed by atoms with van der Waals surface area (Å²) in [6.45, 7) is 6.75. The number of imidazole rings is 1. The number of methoxy groups -OCH3 is 1. The molecule has 0 aliphatic carbocycles. The van der Waals surface area contributed by atoms with E-state index in [2.05, 4.69) is 9.97 Å². The zero-order chi connectivity index (χ0) is 17.4. The molecule has 7 heteroatoms. The fourth-order valence-electron chi connectivity index (χ4n) is 2.95. The highest BCUT2D eigenvalue weighted by atomic mass is 16.5. The summed E-state index contributed by atoms with van der Waals surface area (Å²) in [6, 6.07) is 5.78. The van der Waals surface area contributed by atoms with Gasteiger partial charge in [0.15, 0.2) is 11.2 Å². The highest BCUT2D eigenvalue weighted by molar-refractivity contribution is 5.77. The Morgan fingerprint density at radius 1 is 1.17 bits per heavy atom. The van der Waals surface area contributed by atoms with Gasteiger partial charge in [-0.25, -0.2) is 9.78 Å². The van der Waals surface area contributed by atoms with Crippen LogP contribution in [0.4, 0.5) is 0 Å². The number of fused-ring (bicyclic) bond motifs is 1. The minimum absolute atomic E-state index is 0.405. The standard InChI is InChI=1S/C17H20N4O3/c1-5-20-13-15(21(6-2)17(23)19-16(13)22)18-14(20)11-8-7-10(3)12(9-11)24-4/h7-9H,5-6H2,1-4H3,(H,19,22,23). The molecule has 0 aliphatic heterocycles. The Bertz CT molecular complexity index is 1030. The SMILES string of the molecule is CCn1c(-c2ccc(C)c(OC)c2)nc2c1c(=O)[nH]c(=O)n2CC. The van der Waals surface area contributed by atoms with Crippen molar-refractivity contribution in [2.75, 3.05) is 7.11 Å². The molecule has 0 bridgehead atoms. The second kappa shape index (κ2) is 5.99. The van der Waals surface area contributed by atoms with Crippen molar-refractivity contribution in [1.29, 1.82) is 0 Å². The second-order valence-electron chi connectivity index (χ2n) is 5.54. The van der Waals surface area contributed by atoms with Crippen LogP contribution in [0, 0.1) is 6.92 Å². The van der Waals surface area contributed by atoms with E-state index in [-0.39, 0.29) is 0 Å². The maximum Gasteiger partial charge on any atom is 0.330 e. The molecule has 2 heterocycles. The predicted molar refractivity (Wildman–Crippen MR) is 92.7 cm³/mol. The minimum Gasteiger partial charge on any atom is -0.496 e. The Morgan fingerprint density at radius 2 is 1.88 bits per heavy atom. The maximum absolute atomic E-state index is 12.3. The third kappa shape index (κ3) is 2.33. The van der Waals surface area contributed by atoms with Crippen molar-refractivity contribution >= 4 is 11.2 Å². The van der Waals surface area contributed by atoms with Gasteiger partial charge < -0.3 is 9.30 Å². The Morgan fingerprint density at radius 3 is 2.50 bits per heavy atom. The first-order valence-electron chi connectivity index (χ1n) is 7.90. The number of nitrogens with zero attached hydrogens (tertiary/aromatic N) is 3. The van der Waals surface area contributed by atoms with Crippen LogP contribution in [0.3, 0.4) is 0 Å². The average molecular weight is 328 g/mol. The highest BCUT2D eigenvalue weighted by Crippen LogP contribution is 2.28. The summed E-state index contributed by atoms with van der Waals surface area (Å²) in [5.74, 6) is 1.40. The molecule has 0 aliphatic rings. The van der Waals surface area contributed by atoms with E-state index in [0.29, 0.717) is 30.1 Å². The number of hydrogen-bond donors (Lipinski definition) is 1. The summed E-state index contributed by atoms with van der Waals surface area (Å²) in [7, 11) is 1.62. The third-order valence-corrected chi connectivity index (χ3v) is 4.18. The highest BCUT2D eigenvalue weighted by Gasteiger charge is 2.18. The molecule has 3 aromatic rings. The van der Waals surface area contributed by atoms with Gasteiger partial charge in [0.1, 0.15) is 11.6 Å². The smallest absolute Gasteiger partial charge is 0.330 e. The van der Waals surface area contributed by atoms with E-state index < -0.39 is 11.2 Å². The van der Waals surface area contributed by atoms with Crippen molar-refractivity contribution in [3.63, 3.8) is 0 Å². The van der Waals surface area contributed by atoms with Crippen LogP contribution in [0.25, 0.3) is 22.6 Å². The first kappa shape index (κ1) is 16.0. The molecular weight excluding hydrogens is 308 g/mol. The number of hydrogen-bond acceptors (Lipinski definition) is 4. The lowest BCUT2D eigenvalue weighted by Crippen LogP contribution is -2.30. The molecule has 0 spiro atoms. The zero-order valence-electron chi connectivity index (χ0n) is 14.2. The first-order chi connectivity index (χ1) is 11.5. The van der Waals surface area contributed by atoms with Crippen molar-refractivity contribution in [3.05, 3.63) is 44.6 Å². The van der Waals surface area contributed by atoms with Gasteiger partial charge in [0.25, 0.3) is 5.56 Å². The number of H-pyrrole nitrogens is 1. The van der Waals surface area contributed by atoms with E-state index in [1.807, 2.05) is 43.5 Å². The summed E-state index contributed by atoms with van der Waals surface area (Å²) < 4.78 is 8.68. The van der Waals surface area contributed by atoms with Gasteiger partial charge in [-0.3, -0.25) is 14.3 Å². The largest absolute Gasteiger partial charge is 0.496 e. The Balaban J connectivity index is 2.39. The van der Waals surface area contributed by atoms with Gasteiger partial charge in [0.05, 0.1) is 7.11 Å². The monoisotopic (exact) mass is 328 g/mol. The topological polar surface area (TPSA) is 81.9 Å². The van der Waals surface area contributed by atoms with E-state index >= 15 is 0 Å². The number of rotatable bonds is 4. The van der Waals surface area contributed by atoms with Crippen LogP contribution in [0.2, 0.25) is 0 Å². The fourth-order valence-corrected chi connectivity index (χ4v) is 2.95. The fraction of sp³-hybridized carbons (Fsp3) is 0.353. The lowest BCUT2D eigenvalue weighted by atomic mass is 10.1. The van der Waals surface area contributed by atoms with Crippen molar-refractivity contribution < 1.29 is 4.74 Å². The zero-order valence-corrected chi connectivity index (χ0v) is 14.2. The first-order valence-corrected chi connectivity index (χ1v) is 7.90. The van der Waals surface area contributed by atoms with Crippen molar-refractivity contribution in [2.24, 2.45) is 0 Å². The molecule has 0 atom stereocenters. The molecule has 0 radical (unpaired) electrons. The number of ether oxygens (including phenoxy) is 1. The van der Waals surface area contributed by atoms with Gasteiger partial charge in [-0.2, -0.15) is 0 Å². The normalized spacial score (nSPS) is 11.2. The van der Waals surface area contributed by atoms with E-state index in [4.69, 9.17) is 4.74 Å². The third-order valence-electron chi connectivity index (χ3n) is 4.18. The number of aromatic amines is 1. The van der Waals surface area contributed by atoms with Gasteiger partial charge in [-0.15, -0.1) is 0 Å². The van der Waals surface area contributed by atoms with Crippen LogP contribution in [-0.2, 0) is 13.1 Å². The Kier molecular flexibility index (Phi) is 4.01. The molecule has 0 amide bonds. The molecule has 2 aromatic heterocycles. The molecule has 0 unspecified atom stereocenters. The average Bonchev–Trinajstić information content (AvgIpc) is 2.95. The van der Waals surface area contributed by atoms with E-state index in [1.54, 1.807) is 7.11 Å². The lowest BCUT2D eigenvalue weighted by molar-refractivity contribution is 0.412. The van der Waals surface area contributed by atoms with Gasteiger partial charge in [0, 0.05) is 18.7 Å². The molecular formula is C17H20N4O3. The molecule has 3 rings (SSSR count). The van der Waals surface area contributed by atoms with Gasteiger partial charge in [0.2, 0.25) is 0 Å². The van der Waals surface area contributed by atoms with E-state index in [0.717, 1.165) is 16.9 Å². The second-order valence-corrected chi connectivity index (χ2v) is 5.54. The van der Waals surface area contributed by atoms with E-state index in [1.165, 1.54) is 4.57 Å². The molecule has 0 saturated heterocycles. The molecule has 1 N–H and O–H groups in total. The Labute approximate surface area is 138 Å². The summed E-state index contributed by atoms with van der Waals surface area (Å²) in [4.78, 5) is 31.3. The van der Waals surface area contributed by atoms with Crippen molar-refractivity contribution in [1.82, 2.24) is 19.1 Å². The van der Waals surface area contributed by atoms with Crippen LogP contribution < -0.4 is 16.0 Å². The predicted octanol–water partition coefficient (Wildman–Crippen LogP) is 1.91. The minimum atomic E-state index is -0.441. The van der Waals surface area contributed by atoms with Gasteiger partial charge in [-0.1, -0.05) is 12.1 Å². The van der Waals surface area contributed by atoms with E-state index in [9.17, 15) is 9.59 Å². The molecule has 0 fully saturated rings. The summed E-state index contributed by atoms with van der Waals surface area (Å²) in [5.41, 5.74) is 1.81. The van der Waals surface area contributed by atoms with Crippen molar-refractivity contribution in [2.45, 2.75) is 33.9 Å². The molecule has 126 valence electrons. The van der Waals surface area contributed by atoms with Gasteiger partial charge >= 0.3 is 5.69 Å². The lowest BCUT2D eigenvalue weighted by Gasteiger charge is -2.09. The van der Waals surface area contributed by atoms with Crippen LogP contribution >= 0.6 is 0 Å². The summed E-state index contributed by atoms with van der Waals surface area (Å²) >= 11 is 0. The van der Waals surface area contributed by atoms with Crippen molar-refractivity contribution in [3.8, 4) is 17.1 Å². The van der Waals surface area contributed by atoms with Crippen LogP contribution in [0.1, 0.15) is 19.4 Å². The van der Waals surface area contributed by atoms with Crippen LogP contribution in [-0.4, -0.2) is 26.2 Å². The van der Waals surface area contributed by atoms with Crippen LogP contribution in [0.15, 0.2) is 27.8 Å². The molecule has 24 heavy (non-hydrogen) atoms. The summed E-state index contributed by atoms with van der Waals surface area (Å²) in [6.07, 6.45) is 0. The number of benzene rings is 1. The molecule has 7 nitrogen and oxygen atoms in total.